The molecule has 4 N–H and O–H groups in total. The van der Waals surface area contributed by atoms with Crippen LogP contribution in [0, 0.1) is 20.8 Å². The molecule has 0 spiro atoms. The van der Waals surface area contributed by atoms with Crippen molar-refractivity contribution in [1.82, 2.24) is 25.1 Å². The summed E-state index contributed by atoms with van der Waals surface area (Å²) in [6.07, 6.45) is 1.54. The minimum atomic E-state index is -0.146. The summed E-state index contributed by atoms with van der Waals surface area (Å²) in [7, 11) is 0. The van der Waals surface area contributed by atoms with Gasteiger partial charge in [0.2, 0.25) is 0 Å². The smallest absolute Gasteiger partial charge is 0.255 e. The molecule has 9 heteroatoms. The van der Waals surface area contributed by atoms with Crippen LogP contribution in [0.3, 0.4) is 0 Å². The average molecular weight is 469 g/mol. The summed E-state index contributed by atoms with van der Waals surface area (Å²) >= 11 is 0. The summed E-state index contributed by atoms with van der Waals surface area (Å²) in [5.74, 6) is 2.04. The molecule has 3 heterocycles. The highest BCUT2D eigenvalue weighted by atomic mass is 16.1. The van der Waals surface area contributed by atoms with Gasteiger partial charge >= 0.3 is 0 Å². The molecule has 0 saturated carbocycles. The summed E-state index contributed by atoms with van der Waals surface area (Å²) in [6, 6.07) is 17.5. The van der Waals surface area contributed by atoms with Gasteiger partial charge in [-0.2, -0.15) is 9.78 Å². The molecule has 4 aromatic rings. The van der Waals surface area contributed by atoms with E-state index in [9.17, 15) is 4.79 Å². The molecule has 9 nitrogen and oxygen atoms in total. The van der Waals surface area contributed by atoms with Gasteiger partial charge in [0.1, 0.15) is 18.0 Å². The number of nitrogens with one attached hydrogen (secondary N) is 4. The third-order valence-electron chi connectivity index (χ3n) is 5.87. The molecule has 1 aliphatic heterocycles. The molecule has 5 rings (SSSR count). The standard InChI is InChI=1S/C26H28N8O/c1-16-5-4-6-19(9-16)26(35)31-20-8-7-17(2)22(11-20)32-25-10-18(3)33-34(25)24-12-23(28-15-29-24)30-21-13-27-14-21/h4-12,15,21,27,32H,13-14H2,1-3H3,(H,31,35)(H,28,29,30). The van der Waals surface area contributed by atoms with Gasteiger partial charge in [0.05, 0.1) is 11.7 Å². The van der Waals surface area contributed by atoms with Gasteiger partial charge in [-0.1, -0.05) is 23.8 Å². The maximum absolute atomic E-state index is 12.7. The monoisotopic (exact) mass is 468 g/mol. The molecule has 2 aromatic heterocycles. The van der Waals surface area contributed by atoms with Gasteiger partial charge in [-0.25, -0.2) is 9.97 Å². The molecule has 0 radical (unpaired) electrons. The first kappa shape index (κ1) is 22.5. The second-order valence-electron chi connectivity index (χ2n) is 8.82. The van der Waals surface area contributed by atoms with E-state index in [2.05, 4.69) is 36.3 Å². The largest absolute Gasteiger partial charge is 0.365 e. The van der Waals surface area contributed by atoms with Crippen molar-refractivity contribution in [2.45, 2.75) is 26.8 Å². The first-order valence-corrected chi connectivity index (χ1v) is 11.6. The van der Waals surface area contributed by atoms with Gasteiger partial charge in [-0.15, -0.1) is 0 Å². The Kier molecular flexibility index (Phi) is 6.15. The lowest BCUT2D eigenvalue weighted by molar-refractivity contribution is 0.102. The fourth-order valence-electron chi connectivity index (χ4n) is 3.87. The molecular formula is C26H28N8O. The molecular weight excluding hydrogens is 440 g/mol. The Bertz CT molecular complexity index is 1380. The van der Waals surface area contributed by atoms with E-state index in [4.69, 9.17) is 0 Å². The van der Waals surface area contributed by atoms with Crippen molar-refractivity contribution in [3.8, 4) is 5.82 Å². The van der Waals surface area contributed by atoms with E-state index in [0.717, 1.165) is 47.2 Å². The number of carbonyl (C=O) groups is 1. The number of aromatic nitrogens is 4. The number of hydrogen-bond donors (Lipinski definition) is 4. The molecule has 0 unspecified atom stereocenters. The molecule has 2 aromatic carbocycles. The SMILES string of the molecule is Cc1cccc(C(=O)Nc2ccc(C)c(Nc3cc(C)nn3-c3cc(NC4CNC4)ncn3)c2)c1. The number of amides is 1. The summed E-state index contributed by atoms with van der Waals surface area (Å²) in [6.45, 7) is 7.76. The quantitative estimate of drug-likeness (QED) is 0.325. The minimum Gasteiger partial charge on any atom is -0.365 e. The maximum atomic E-state index is 12.7. The van der Waals surface area contributed by atoms with Gasteiger partial charge in [-0.3, -0.25) is 4.79 Å². The van der Waals surface area contributed by atoms with E-state index in [0.29, 0.717) is 23.1 Å². The average Bonchev–Trinajstić information content (AvgIpc) is 3.18. The Labute approximate surface area is 204 Å². The lowest BCUT2D eigenvalue weighted by Crippen LogP contribution is -2.51. The number of benzene rings is 2. The zero-order valence-corrected chi connectivity index (χ0v) is 20.0. The number of anilines is 4. The van der Waals surface area contributed by atoms with E-state index < -0.39 is 0 Å². The Hall–Kier alpha value is -4.24. The lowest BCUT2D eigenvalue weighted by Gasteiger charge is -2.28. The highest BCUT2D eigenvalue weighted by Crippen LogP contribution is 2.27. The zero-order valence-electron chi connectivity index (χ0n) is 20.0. The molecule has 178 valence electrons. The maximum Gasteiger partial charge on any atom is 0.255 e. The van der Waals surface area contributed by atoms with Crippen molar-refractivity contribution >= 4 is 28.9 Å². The predicted octanol–water partition coefficient (Wildman–Crippen LogP) is 3.97. The Morgan fingerprint density at radius 1 is 1.03 bits per heavy atom. The normalized spacial score (nSPS) is 13.2. The predicted molar refractivity (Wildman–Crippen MR) is 138 cm³/mol. The molecule has 1 aliphatic rings. The molecule has 0 bridgehead atoms. The fourth-order valence-corrected chi connectivity index (χ4v) is 3.87. The topological polar surface area (TPSA) is 109 Å². The minimum absolute atomic E-state index is 0.146. The van der Waals surface area contributed by atoms with Crippen LogP contribution in [0.4, 0.5) is 23.0 Å². The first-order chi connectivity index (χ1) is 16.9. The van der Waals surface area contributed by atoms with Crippen LogP contribution in [0.5, 0.6) is 0 Å². The van der Waals surface area contributed by atoms with Crippen molar-refractivity contribution in [3.63, 3.8) is 0 Å². The molecule has 1 fully saturated rings. The lowest BCUT2D eigenvalue weighted by atomic mass is 10.1. The number of aryl methyl sites for hydroxylation is 3. The number of nitrogens with zero attached hydrogens (tertiary/aromatic N) is 4. The Morgan fingerprint density at radius 2 is 1.89 bits per heavy atom. The summed E-state index contributed by atoms with van der Waals surface area (Å²) in [5.41, 5.74) is 5.12. The van der Waals surface area contributed by atoms with E-state index in [1.165, 1.54) is 6.33 Å². The van der Waals surface area contributed by atoms with E-state index >= 15 is 0 Å². The highest BCUT2D eigenvalue weighted by molar-refractivity contribution is 6.04. The van der Waals surface area contributed by atoms with Crippen LogP contribution < -0.4 is 21.3 Å². The number of carbonyl (C=O) groups excluding carboxylic acids is 1. The van der Waals surface area contributed by atoms with Crippen molar-refractivity contribution in [1.29, 1.82) is 0 Å². The van der Waals surface area contributed by atoms with Crippen molar-refractivity contribution < 1.29 is 4.79 Å². The molecule has 1 saturated heterocycles. The van der Waals surface area contributed by atoms with Crippen molar-refractivity contribution in [2.24, 2.45) is 0 Å². The molecule has 0 aliphatic carbocycles. The van der Waals surface area contributed by atoms with Gasteiger partial charge < -0.3 is 21.3 Å². The molecule has 1 amide bonds. The third kappa shape index (κ3) is 5.15. The van der Waals surface area contributed by atoms with E-state index in [1.807, 2.05) is 75.4 Å². The number of rotatable bonds is 7. The van der Waals surface area contributed by atoms with Gasteiger partial charge in [0.15, 0.2) is 5.82 Å². The van der Waals surface area contributed by atoms with Crippen LogP contribution in [0.25, 0.3) is 5.82 Å². The van der Waals surface area contributed by atoms with Gasteiger partial charge in [0.25, 0.3) is 5.91 Å². The second-order valence-corrected chi connectivity index (χ2v) is 8.82. The van der Waals surface area contributed by atoms with Crippen LogP contribution >= 0.6 is 0 Å². The third-order valence-corrected chi connectivity index (χ3v) is 5.87. The second kappa shape index (κ2) is 9.55. The zero-order chi connectivity index (χ0) is 24.4. The van der Waals surface area contributed by atoms with Gasteiger partial charge in [-0.05, 0) is 50.6 Å². The van der Waals surface area contributed by atoms with Crippen LogP contribution in [-0.2, 0) is 0 Å². The highest BCUT2D eigenvalue weighted by Gasteiger charge is 2.18. The summed E-state index contributed by atoms with van der Waals surface area (Å²) in [5, 5.41) is 17.7. The molecule has 35 heavy (non-hydrogen) atoms. The Balaban J connectivity index is 1.38. The van der Waals surface area contributed by atoms with Crippen LogP contribution in [-0.4, -0.2) is 44.8 Å². The first-order valence-electron chi connectivity index (χ1n) is 11.6. The summed E-state index contributed by atoms with van der Waals surface area (Å²) < 4.78 is 1.76. The number of hydrogen-bond acceptors (Lipinski definition) is 7. The van der Waals surface area contributed by atoms with Crippen molar-refractivity contribution in [2.75, 3.05) is 29.0 Å². The molecule has 0 atom stereocenters. The summed E-state index contributed by atoms with van der Waals surface area (Å²) in [4.78, 5) is 21.5. The van der Waals surface area contributed by atoms with Gasteiger partial charge in [0, 0.05) is 42.2 Å². The fraction of sp³-hybridized carbons (Fsp3) is 0.231. The van der Waals surface area contributed by atoms with Crippen LogP contribution in [0.1, 0.15) is 27.2 Å². The van der Waals surface area contributed by atoms with Crippen molar-refractivity contribution in [3.05, 3.63) is 83.3 Å². The van der Waals surface area contributed by atoms with E-state index in [1.54, 1.807) is 4.68 Å². The van der Waals surface area contributed by atoms with E-state index in [-0.39, 0.29) is 5.91 Å². The van der Waals surface area contributed by atoms with Crippen LogP contribution in [0.2, 0.25) is 0 Å². The Morgan fingerprint density at radius 3 is 2.66 bits per heavy atom. The van der Waals surface area contributed by atoms with Crippen LogP contribution in [0.15, 0.2) is 60.9 Å².